The zero-order chi connectivity index (χ0) is 20.4. The molecule has 1 amide bonds. The predicted molar refractivity (Wildman–Crippen MR) is 115 cm³/mol. The lowest BCUT2D eigenvalue weighted by molar-refractivity contribution is 0.0932. The summed E-state index contributed by atoms with van der Waals surface area (Å²) in [6, 6.07) is 22.8. The second kappa shape index (κ2) is 7.97. The Bertz CT molecular complexity index is 1150. The van der Waals surface area contributed by atoms with E-state index in [0.717, 1.165) is 22.6 Å². The number of amides is 1. The van der Waals surface area contributed by atoms with E-state index in [-0.39, 0.29) is 11.9 Å². The third-order valence-electron chi connectivity index (χ3n) is 4.85. The Morgan fingerprint density at radius 2 is 1.83 bits per heavy atom. The number of hydrogen-bond donors (Lipinski definition) is 1. The monoisotopic (exact) mass is 404 g/mol. The number of nitrogens with one attached hydrogen (secondary N) is 1. The van der Waals surface area contributed by atoms with Crippen LogP contribution in [0.1, 0.15) is 29.0 Å². The van der Waals surface area contributed by atoms with Crippen LogP contribution in [0, 0.1) is 0 Å². The minimum atomic E-state index is -0.200. The molecular weight excluding hydrogens is 384 g/mol. The number of rotatable bonds is 5. The minimum Gasteiger partial charge on any atom is -0.349 e. The Hall–Kier alpha value is -3.31. The highest BCUT2D eigenvalue weighted by atomic mass is 35.5. The second-order valence-electron chi connectivity index (χ2n) is 6.92. The fraction of sp³-hybridized carbons (Fsp3) is 0.130. The molecule has 4 aromatic rings. The molecule has 0 saturated heterocycles. The van der Waals surface area contributed by atoms with Gasteiger partial charge in [0.15, 0.2) is 0 Å². The quantitative estimate of drug-likeness (QED) is 0.507. The zero-order valence-corrected chi connectivity index (χ0v) is 17.0. The summed E-state index contributed by atoms with van der Waals surface area (Å²) in [4.78, 5) is 13.2. The minimum absolute atomic E-state index is 0.134. The molecule has 4 rings (SSSR count). The Balaban J connectivity index is 1.73. The summed E-state index contributed by atoms with van der Waals surface area (Å²) in [5, 5.41) is 8.36. The lowest BCUT2D eigenvalue weighted by Gasteiger charge is -2.15. The maximum absolute atomic E-state index is 13.2. The van der Waals surface area contributed by atoms with Gasteiger partial charge >= 0.3 is 0 Å². The number of carbonyl (C=O) groups is 1. The van der Waals surface area contributed by atoms with Gasteiger partial charge in [0.2, 0.25) is 0 Å². The molecule has 2 heterocycles. The van der Waals surface area contributed by atoms with Crippen LogP contribution in [0.25, 0.3) is 17.1 Å². The Labute approximate surface area is 174 Å². The summed E-state index contributed by atoms with van der Waals surface area (Å²) in [5.41, 5.74) is 3.87. The van der Waals surface area contributed by atoms with E-state index in [0.29, 0.717) is 10.7 Å². The molecule has 2 aromatic carbocycles. The predicted octanol–water partition coefficient (Wildman–Crippen LogP) is 5.02. The first-order valence-electron chi connectivity index (χ1n) is 9.36. The highest BCUT2D eigenvalue weighted by molar-refractivity contribution is 6.30. The van der Waals surface area contributed by atoms with Crippen molar-refractivity contribution in [3.8, 4) is 17.1 Å². The molecule has 1 atom stereocenters. The molecule has 0 aliphatic carbocycles. The molecule has 0 fully saturated rings. The summed E-state index contributed by atoms with van der Waals surface area (Å²) in [6.07, 6.45) is 1.95. The van der Waals surface area contributed by atoms with Crippen LogP contribution in [0.5, 0.6) is 0 Å². The van der Waals surface area contributed by atoms with Crippen molar-refractivity contribution in [2.75, 3.05) is 0 Å². The maximum atomic E-state index is 13.2. The molecule has 5 nitrogen and oxygen atoms in total. The van der Waals surface area contributed by atoms with Crippen LogP contribution in [0.3, 0.4) is 0 Å². The van der Waals surface area contributed by atoms with Gasteiger partial charge in [-0.2, -0.15) is 5.10 Å². The van der Waals surface area contributed by atoms with Crippen molar-refractivity contribution < 1.29 is 4.79 Å². The Morgan fingerprint density at radius 3 is 2.52 bits per heavy atom. The van der Waals surface area contributed by atoms with Gasteiger partial charge < -0.3 is 9.88 Å². The summed E-state index contributed by atoms with van der Waals surface area (Å²) in [6.45, 7) is 1.96. The molecule has 2 aromatic heterocycles. The zero-order valence-electron chi connectivity index (χ0n) is 16.2. The van der Waals surface area contributed by atoms with Crippen molar-refractivity contribution in [2.24, 2.45) is 7.05 Å². The first kappa shape index (κ1) is 19.0. The molecule has 0 bridgehead atoms. The highest BCUT2D eigenvalue weighted by Crippen LogP contribution is 2.24. The number of nitrogens with zero attached hydrogens (tertiary/aromatic N) is 3. The molecule has 0 aliphatic heterocycles. The molecule has 0 aliphatic rings. The van der Waals surface area contributed by atoms with E-state index in [1.165, 1.54) is 0 Å². The smallest absolute Gasteiger partial charge is 0.270 e. The van der Waals surface area contributed by atoms with Crippen LogP contribution in [0.2, 0.25) is 5.02 Å². The summed E-state index contributed by atoms with van der Waals surface area (Å²) >= 11 is 6.18. The van der Waals surface area contributed by atoms with E-state index >= 15 is 0 Å². The van der Waals surface area contributed by atoms with Crippen molar-refractivity contribution in [1.82, 2.24) is 19.7 Å². The third kappa shape index (κ3) is 3.96. The normalized spacial score (nSPS) is 12.0. The van der Waals surface area contributed by atoms with Gasteiger partial charge in [-0.1, -0.05) is 48.0 Å². The average molecular weight is 405 g/mol. The SMILES string of the molecule is CC(NC(=O)c1cc(-c2cccn2C)nn1-c1cccc(Cl)c1)c1ccccc1. The summed E-state index contributed by atoms with van der Waals surface area (Å²) < 4.78 is 3.61. The topological polar surface area (TPSA) is 51.9 Å². The molecule has 146 valence electrons. The van der Waals surface area contributed by atoms with E-state index in [9.17, 15) is 4.79 Å². The fourth-order valence-electron chi connectivity index (χ4n) is 3.30. The molecular formula is C23H21ClN4O. The summed E-state index contributed by atoms with van der Waals surface area (Å²) in [7, 11) is 1.95. The highest BCUT2D eigenvalue weighted by Gasteiger charge is 2.20. The molecule has 6 heteroatoms. The van der Waals surface area contributed by atoms with Crippen molar-refractivity contribution in [2.45, 2.75) is 13.0 Å². The van der Waals surface area contributed by atoms with Crippen LogP contribution >= 0.6 is 11.6 Å². The largest absolute Gasteiger partial charge is 0.349 e. The number of benzene rings is 2. The van der Waals surface area contributed by atoms with E-state index in [1.54, 1.807) is 16.8 Å². The molecule has 1 unspecified atom stereocenters. The maximum Gasteiger partial charge on any atom is 0.270 e. The van der Waals surface area contributed by atoms with Crippen LogP contribution < -0.4 is 5.32 Å². The summed E-state index contributed by atoms with van der Waals surface area (Å²) in [5.74, 6) is -0.200. The van der Waals surface area contributed by atoms with E-state index < -0.39 is 0 Å². The second-order valence-corrected chi connectivity index (χ2v) is 7.35. The van der Waals surface area contributed by atoms with Crippen molar-refractivity contribution >= 4 is 17.5 Å². The van der Waals surface area contributed by atoms with Crippen molar-refractivity contribution in [3.05, 3.63) is 95.3 Å². The van der Waals surface area contributed by atoms with Crippen LogP contribution in [0.4, 0.5) is 0 Å². The van der Waals surface area contributed by atoms with E-state index in [2.05, 4.69) is 5.32 Å². The number of halogens is 1. The lowest BCUT2D eigenvalue weighted by Crippen LogP contribution is -2.28. The van der Waals surface area contributed by atoms with Gasteiger partial charge in [0.05, 0.1) is 17.4 Å². The standard InChI is InChI=1S/C23H21ClN4O/c1-16(17-8-4-3-5-9-17)25-23(29)22-15-20(21-12-7-13-27(21)2)26-28(22)19-11-6-10-18(24)14-19/h3-16H,1-2H3,(H,25,29). The first-order valence-corrected chi connectivity index (χ1v) is 9.74. The van der Waals surface area contributed by atoms with Gasteiger partial charge in [0, 0.05) is 18.3 Å². The molecule has 0 spiro atoms. The van der Waals surface area contributed by atoms with Gasteiger partial charge in [0.25, 0.3) is 5.91 Å². The molecule has 1 N–H and O–H groups in total. The Morgan fingerprint density at radius 1 is 1.03 bits per heavy atom. The van der Waals surface area contributed by atoms with Gasteiger partial charge in [-0.15, -0.1) is 0 Å². The first-order chi connectivity index (χ1) is 14.0. The number of hydrogen-bond acceptors (Lipinski definition) is 2. The van der Waals surface area contributed by atoms with Gasteiger partial charge in [-0.25, -0.2) is 4.68 Å². The van der Waals surface area contributed by atoms with Gasteiger partial charge in [-0.3, -0.25) is 4.79 Å². The van der Waals surface area contributed by atoms with Crippen molar-refractivity contribution in [3.63, 3.8) is 0 Å². The van der Waals surface area contributed by atoms with Crippen LogP contribution in [-0.4, -0.2) is 20.3 Å². The number of aromatic nitrogens is 3. The van der Waals surface area contributed by atoms with Crippen molar-refractivity contribution in [1.29, 1.82) is 0 Å². The fourth-order valence-corrected chi connectivity index (χ4v) is 3.48. The molecule has 0 radical (unpaired) electrons. The lowest BCUT2D eigenvalue weighted by atomic mass is 10.1. The van der Waals surface area contributed by atoms with E-state index in [4.69, 9.17) is 16.7 Å². The molecule has 0 saturated carbocycles. The third-order valence-corrected chi connectivity index (χ3v) is 5.08. The molecule has 29 heavy (non-hydrogen) atoms. The average Bonchev–Trinajstić information content (AvgIpc) is 3.35. The Kier molecular flexibility index (Phi) is 5.23. The number of carbonyl (C=O) groups excluding carboxylic acids is 1. The van der Waals surface area contributed by atoms with E-state index in [1.807, 2.05) is 85.4 Å². The van der Waals surface area contributed by atoms with Crippen LogP contribution in [-0.2, 0) is 7.05 Å². The van der Waals surface area contributed by atoms with Gasteiger partial charge in [-0.05, 0) is 48.9 Å². The van der Waals surface area contributed by atoms with Gasteiger partial charge in [0.1, 0.15) is 11.4 Å². The number of aryl methyl sites for hydroxylation is 1. The van der Waals surface area contributed by atoms with Crippen LogP contribution in [0.15, 0.2) is 79.0 Å².